The van der Waals surface area contributed by atoms with Gasteiger partial charge in [0, 0.05) is 12.1 Å². The lowest BCUT2D eigenvalue weighted by molar-refractivity contribution is 0.380. The number of nitrogens with zero attached hydrogens (tertiary/aromatic N) is 1. The third-order valence-corrected chi connectivity index (χ3v) is 4.10. The molecule has 0 radical (unpaired) electrons. The molecular weight excluding hydrogens is 297 g/mol. The van der Waals surface area contributed by atoms with Gasteiger partial charge in [-0.15, -0.1) is 0 Å². The van der Waals surface area contributed by atoms with Crippen LogP contribution in [0.25, 0.3) is 0 Å². The summed E-state index contributed by atoms with van der Waals surface area (Å²) in [5.41, 5.74) is 5.98. The molecule has 0 aliphatic carbocycles. The normalized spacial score (nSPS) is 14.1. The van der Waals surface area contributed by atoms with Crippen molar-refractivity contribution >= 4 is 21.6 Å². The number of nitrogens with two attached hydrogens (primary N) is 1. The molecule has 0 heterocycles. The molecule has 18 heavy (non-hydrogen) atoms. The number of rotatable bonds is 4. The molecule has 3 nitrogen and oxygen atoms in total. The summed E-state index contributed by atoms with van der Waals surface area (Å²) in [6.07, 6.45) is 0. The van der Waals surface area contributed by atoms with Gasteiger partial charge in [-0.1, -0.05) is 13.8 Å². The Labute approximate surface area is 115 Å². The zero-order chi connectivity index (χ0) is 13.9. The van der Waals surface area contributed by atoms with Gasteiger partial charge in [-0.05, 0) is 40.9 Å². The molecule has 98 valence electrons. The van der Waals surface area contributed by atoms with Crippen molar-refractivity contribution in [3.05, 3.63) is 28.0 Å². The maximum absolute atomic E-state index is 14.1. The molecule has 0 fully saturated rings. The Morgan fingerprint density at radius 1 is 1.56 bits per heavy atom. The zero-order valence-corrected chi connectivity index (χ0v) is 12.3. The highest BCUT2D eigenvalue weighted by Crippen LogP contribution is 2.30. The zero-order valence-electron chi connectivity index (χ0n) is 10.7. The van der Waals surface area contributed by atoms with Crippen molar-refractivity contribution in [1.82, 2.24) is 0 Å². The van der Waals surface area contributed by atoms with E-state index in [0.29, 0.717) is 12.2 Å². The maximum Gasteiger partial charge on any atom is 0.161 e. The van der Waals surface area contributed by atoms with E-state index in [4.69, 9.17) is 11.0 Å². The van der Waals surface area contributed by atoms with Gasteiger partial charge >= 0.3 is 0 Å². The lowest BCUT2D eigenvalue weighted by atomic mass is 9.88. The number of nitrogens with one attached hydrogen (secondary N) is 1. The number of nitriles is 1. The fourth-order valence-corrected chi connectivity index (χ4v) is 1.91. The van der Waals surface area contributed by atoms with Gasteiger partial charge in [-0.3, -0.25) is 0 Å². The fourth-order valence-electron chi connectivity index (χ4n) is 1.47. The Bertz CT molecular complexity index is 482. The van der Waals surface area contributed by atoms with Crippen LogP contribution in [0.4, 0.5) is 10.1 Å². The Hall–Kier alpha value is -1.12. The van der Waals surface area contributed by atoms with Crippen LogP contribution in [0.1, 0.15) is 26.3 Å². The predicted molar refractivity (Wildman–Crippen MR) is 74.7 cm³/mol. The molecular formula is C13H17BrFN3. The molecule has 0 aliphatic rings. The van der Waals surface area contributed by atoms with E-state index < -0.39 is 11.4 Å². The number of benzene rings is 1. The van der Waals surface area contributed by atoms with Crippen LogP contribution in [-0.2, 0) is 0 Å². The number of hydrogen-bond acceptors (Lipinski definition) is 3. The van der Waals surface area contributed by atoms with Crippen LogP contribution in [0.3, 0.4) is 0 Å². The van der Waals surface area contributed by atoms with E-state index in [1.807, 2.05) is 26.8 Å². The number of anilines is 1. The summed E-state index contributed by atoms with van der Waals surface area (Å²) in [7, 11) is 0. The molecule has 0 saturated carbocycles. The second-order valence-corrected chi connectivity index (χ2v) is 5.59. The number of halogens is 2. The Kier molecular flexibility index (Phi) is 4.71. The number of hydrogen-bond donors (Lipinski definition) is 2. The summed E-state index contributed by atoms with van der Waals surface area (Å²) in [4.78, 5) is 0. The summed E-state index contributed by atoms with van der Waals surface area (Å²) in [5.74, 6) is -0.217. The van der Waals surface area contributed by atoms with E-state index in [-0.39, 0.29) is 16.0 Å². The van der Waals surface area contributed by atoms with Gasteiger partial charge in [0.15, 0.2) is 5.82 Å². The Morgan fingerprint density at radius 3 is 2.61 bits per heavy atom. The molecule has 3 N–H and O–H groups in total. The van der Waals surface area contributed by atoms with Gasteiger partial charge in [0.2, 0.25) is 0 Å². The van der Waals surface area contributed by atoms with E-state index in [0.717, 1.165) is 0 Å². The van der Waals surface area contributed by atoms with Crippen molar-refractivity contribution in [2.45, 2.75) is 26.3 Å². The van der Waals surface area contributed by atoms with Crippen molar-refractivity contribution in [2.75, 3.05) is 11.9 Å². The minimum atomic E-state index is -0.464. The van der Waals surface area contributed by atoms with Crippen molar-refractivity contribution < 1.29 is 4.39 Å². The smallest absolute Gasteiger partial charge is 0.161 e. The van der Waals surface area contributed by atoms with Gasteiger partial charge < -0.3 is 11.1 Å². The highest BCUT2D eigenvalue weighted by molar-refractivity contribution is 9.10. The van der Waals surface area contributed by atoms with Crippen molar-refractivity contribution in [3.8, 4) is 6.07 Å². The van der Waals surface area contributed by atoms with Crippen LogP contribution in [0, 0.1) is 23.1 Å². The molecule has 1 aromatic carbocycles. The second-order valence-electron chi connectivity index (χ2n) is 4.80. The topological polar surface area (TPSA) is 61.8 Å². The molecule has 1 atom stereocenters. The van der Waals surface area contributed by atoms with Crippen molar-refractivity contribution in [2.24, 2.45) is 11.7 Å². The van der Waals surface area contributed by atoms with Gasteiger partial charge in [0.05, 0.1) is 15.7 Å². The van der Waals surface area contributed by atoms with Gasteiger partial charge in [-0.25, -0.2) is 4.39 Å². The van der Waals surface area contributed by atoms with E-state index >= 15 is 0 Å². The Balaban J connectivity index is 3.14. The highest BCUT2D eigenvalue weighted by Gasteiger charge is 2.28. The van der Waals surface area contributed by atoms with E-state index in [1.165, 1.54) is 0 Å². The Morgan fingerprint density at radius 2 is 2.17 bits per heavy atom. The van der Waals surface area contributed by atoms with Crippen LogP contribution in [0.15, 0.2) is 16.6 Å². The molecule has 1 aromatic rings. The molecule has 0 spiro atoms. The van der Waals surface area contributed by atoms with E-state index in [1.54, 1.807) is 12.1 Å². The highest BCUT2D eigenvalue weighted by atomic mass is 79.9. The van der Waals surface area contributed by atoms with Crippen LogP contribution in [-0.4, -0.2) is 12.1 Å². The van der Waals surface area contributed by atoms with Crippen LogP contribution >= 0.6 is 15.9 Å². The van der Waals surface area contributed by atoms with Gasteiger partial charge in [0.25, 0.3) is 0 Å². The summed E-state index contributed by atoms with van der Waals surface area (Å²) in [5, 5.41) is 11.9. The standard InChI is InChI=1S/C13H17BrFN3/c1-8(2)13(3,7-17)18-10-5-4-9(6-16)11(14)12(10)15/h4-5,8,18H,7,17H2,1-3H3. The molecule has 0 bridgehead atoms. The molecule has 5 heteroatoms. The SMILES string of the molecule is CC(C)C(C)(CN)Nc1ccc(C#N)c(Br)c1F. The molecule has 0 saturated heterocycles. The third kappa shape index (κ3) is 2.82. The first kappa shape index (κ1) is 14.9. The summed E-state index contributed by atoms with van der Waals surface area (Å²) < 4.78 is 14.3. The molecule has 0 aromatic heterocycles. The average molecular weight is 314 g/mol. The summed E-state index contributed by atoms with van der Waals surface area (Å²) >= 11 is 3.09. The molecule has 1 unspecified atom stereocenters. The molecule has 0 amide bonds. The van der Waals surface area contributed by atoms with Crippen LogP contribution in [0.5, 0.6) is 0 Å². The second kappa shape index (κ2) is 5.68. The molecule has 0 aliphatic heterocycles. The summed E-state index contributed by atoms with van der Waals surface area (Å²) in [6, 6.07) is 5.06. The van der Waals surface area contributed by atoms with E-state index in [9.17, 15) is 4.39 Å². The third-order valence-electron chi connectivity index (χ3n) is 3.32. The summed E-state index contributed by atoms with van der Waals surface area (Å²) in [6.45, 7) is 6.39. The lowest BCUT2D eigenvalue weighted by Crippen LogP contribution is -2.47. The van der Waals surface area contributed by atoms with Crippen molar-refractivity contribution in [3.63, 3.8) is 0 Å². The first-order valence-electron chi connectivity index (χ1n) is 5.72. The van der Waals surface area contributed by atoms with Crippen LogP contribution in [0.2, 0.25) is 0 Å². The largest absolute Gasteiger partial charge is 0.376 e. The van der Waals surface area contributed by atoms with E-state index in [2.05, 4.69) is 21.2 Å². The first-order chi connectivity index (χ1) is 8.35. The van der Waals surface area contributed by atoms with Crippen LogP contribution < -0.4 is 11.1 Å². The monoisotopic (exact) mass is 313 g/mol. The van der Waals surface area contributed by atoms with Gasteiger partial charge in [0.1, 0.15) is 6.07 Å². The van der Waals surface area contributed by atoms with Crippen molar-refractivity contribution in [1.29, 1.82) is 5.26 Å². The predicted octanol–water partition coefficient (Wildman–Crippen LogP) is 3.25. The first-order valence-corrected chi connectivity index (χ1v) is 6.51. The van der Waals surface area contributed by atoms with Gasteiger partial charge in [-0.2, -0.15) is 5.26 Å². The minimum Gasteiger partial charge on any atom is -0.376 e. The quantitative estimate of drug-likeness (QED) is 0.897. The fraction of sp³-hybridized carbons (Fsp3) is 0.462. The minimum absolute atomic E-state index is 0.179. The molecule has 1 rings (SSSR count). The average Bonchev–Trinajstić information content (AvgIpc) is 2.35. The lowest BCUT2D eigenvalue weighted by Gasteiger charge is -2.35. The maximum atomic E-state index is 14.1.